The second-order valence-corrected chi connectivity index (χ2v) is 4.61. The quantitative estimate of drug-likeness (QED) is 0.572. The molecule has 0 saturated carbocycles. The third-order valence-corrected chi connectivity index (χ3v) is 2.63. The van der Waals surface area contributed by atoms with E-state index in [9.17, 15) is 4.79 Å². The maximum atomic E-state index is 11.2. The number of unbranched alkanes of at least 4 members (excludes halogenated alkanes) is 1. The molecule has 94 valence electrons. The van der Waals surface area contributed by atoms with Crippen molar-refractivity contribution in [2.24, 2.45) is 0 Å². The highest BCUT2D eigenvalue weighted by molar-refractivity contribution is 9.10. The van der Waals surface area contributed by atoms with Crippen LogP contribution >= 0.6 is 15.9 Å². The molecule has 0 N–H and O–H groups in total. The minimum absolute atomic E-state index is 0.0101. The van der Waals surface area contributed by atoms with Gasteiger partial charge in [0.25, 0.3) is 0 Å². The summed E-state index contributed by atoms with van der Waals surface area (Å²) in [5.41, 5.74) is 1.03. The molecule has 0 bridgehead atoms. The van der Waals surface area contributed by atoms with E-state index in [4.69, 9.17) is 9.47 Å². The fourth-order valence-corrected chi connectivity index (χ4v) is 1.70. The third kappa shape index (κ3) is 6.44. The van der Waals surface area contributed by atoms with Gasteiger partial charge in [-0.2, -0.15) is 0 Å². The maximum Gasteiger partial charge on any atom is 0.332 e. The minimum atomic E-state index is -0.298. The van der Waals surface area contributed by atoms with Gasteiger partial charge in [0.1, 0.15) is 6.61 Å². The van der Waals surface area contributed by atoms with Crippen molar-refractivity contribution in [2.45, 2.75) is 26.4 Å². The normalized spacial score (nSPS) is 10.2. The van der Waals surface area contributed by atoms with E-state index >= 15 is 0 Å². The second-order valence-electron chi connectivity index (χ2n) is 3.70. The van der Waals surface area contributed by atoms with Crippen LogP contribution in [0, 0.1) is 0 Å². The number of benzene rings is 1. The van der Waals surface area contributed by atoms with Crippen LogP contribution in [0.3, 0.4) is 0 Å². The first-order valence-corrected chi connectivity index (χ1v) is 6.49. The molecule has 0 fully saturated rings. The average Bonchev–Trinajstić information content (AvgIpc) is 2.29. The Balaban J connectivity index is 2.17. The topological polar surface area (TPSA) is 35.5 Å². The van der Waals surface area contributed by atoms with Crippen molar-refractivity contribution >= 4 is 21.9 Å². The lowest BCUT2D eigenvalue weighted by molar-refractivity contribution is -0.149. The summed E-state index contributed by atoms with van der Waals surface area (Å²) in [5.74, 6) is -0.298. The Bertz CT molecular complexity index is 352. The molecule has 0 aromatic heterocycles. The average molecular weight is 301 g/mol. The molecular weight excluding hydrogens is 284 g/mol. The van der Waals surface area contributed by atoms with Crippen molar-refractivity contribution in [3.8, 4) is 0 Å². The Hall–Kier alpha value is -0.870. The van der Waals surface area contributed by atoms with Gasteiger partial charge >= 0.3 is 5.97 Å². The summed E-state index contributed by atoms with van der Waals surface area (Å²) < 4.78 is 11.2. The highest BCUT2D eigenvalue weighted by Crippen LogP contribution is 2.12. The van der Waals surface area contributed by atoms with E-state index in [0.29, 0.717) is 13.2 Å². The molecule has 0 aliphatic carbocycles. The van der Waals surface area contributed by atoms with Gasteiger partial charge in [-0.15, -0.1) is 0 Å². The molecule has 0 radical (unpaired) electrons. The zero-order valence-electron chi connectivity index (χ0n) is 9.95. The zero-order chi connectivity index (χ0) is 12.5. The van der Waals surface area contributed by atoms with Crippen LogP contribution in [0.1, 0.15) is 25.3 Å². The van der Waals surface area contributed by atoms with Gasteiger partial charge in [-0.25, -0.2) is 4.79 Å². The lowest BCUT2D eigenvalue weighted by atomic mass is 10.2. The van der Waals surface area contributed by atoms with Crippen LogP contribution in [0.15, 0.2) is 28.7 Å². The van der Waals surface area contributed by atoms with Crippen LogP contribution in [0.5, 0.6) is 0 Å². The van der Waals surface area contributed by atoms with Gasteiger partial charge in [0.15, 0.2) is 0 Å². The number of rotatable bonds is 7. The third-order valence-electron chi connectivity index (χ3n) is 2.14. The van der Waals surface area contributed by atoms with E-state index < -0.39 is 0 Å². The Morgan fingerprint density at radius 1 is 1.41 bits per heavy atom. The highest BCUT2D eigenvalue weighted by Gasteiger charge is 2.02. The van der Waals surface area contributed by atoms with Gasteiger partial charge in [-0.1, -0.05) is 41.4 Å². The first-order chi connectivity index (χ1) is 8.22. The number of hydrogen-bond acceptors (Lipinski definition) is 3. The van der Waals surface area contributed by atoms with Gasteiger partial charge in [0.05, 0.1) is 13.2 Å². The summed E-state index contributed by atoms with van der Waals surface area (Å²) in [4.78, 5) is 11.2. The molecule has 0 heterocycles. The van der Waals surface area contributed by atoms with Crippen molar-refractivity contribution in [3.63, 3.8) is 0 Å². The van der Waals surface area contributed by atoms with Crippen LogP contribution < -0.4 is 0 Å². The predicted molar refractivity (Wildman–Crippen MR) is 69.7 cm³/mol. The fourth-order valence-electron chi connectivity index (χ4n) is 1.25. The highest BCUT2D eigenvalue weighted by atomic mass is 79.9. The lowest BCUT2D eigenvalue weighted by Gasteiger charge is -2.05. The molecule has 0 spiro atoms. The Kier molecular flexibility index (Phi) is 6.89. The van der Waals surface area contributed by atoms with Crippen LogP contribution in [-0.2, 0) is 20.9 Å². The van der Waals surface area contributed by atoms with Crippen molar-refractivity contribution in [3.05, 3.63) is 34.3 Å². The molecule has 1 aromatic rings. The first-order valence-electron chi connectivity index (χ1n) is 5.70. The van der Waals surface area contributed by atoms with Crippen LogP contribution in [0.2, 0.25) is 0 Å². The van der Waals surface area contributed by atoms with Gasteiger partial charge in [-0.3, -0.25) is 0 Å². The molecule has 3 nitrogen and oxygen atoms in total. The smallest absolute Gasteiger partial charge is 0.332 e. The Morgan fingerprint density at radius 3 is 2.94 bits per heavy atom. The molecule has 17 heavy (non-hydrogen) atoms. The number of halogens is 1. The van der Waals surface area contributed by atoms with E-state index in [-0.39, 0.29) is 12.6 Å². The number of carbonyl (C=O) groups is 1. The predicted octanol–water partition coefficient (Wildman–Crippen LogP) is 3.31. The molecule has 0 aliphatic rings. The molecule has 0 aliphatic heterocycles. The van der Waals surface area contributed by atoms with Crippen molar-refractivity contribution < 1.29 is 14.3 Å². The zero-order valence-corrected chi connectivity index (χ0v) is 11.5. The molecule has 0 amide bonds. The molecule has 1 rings (SSSR count). The summed E-state index contributed by atoms with van der Waals surface area (Å²) in [6.45, 7) is 2.96. The summed E-state index contributed by atoms with van der Waals surface area (Å²) >= 11 is 3.38. The number of carbonyl (C=O) groups excluding carboxylic acids is 1. The SMILES string of the molecule is CCCCOC(=O)COCc1cccc(Br)c1. The van der Waals surface area contributed by atoms with Gasteiger partial charge < -0.3 is 9.47 Å². The number of hydrogen-bond donors (Lipinski definition) is 0. The lowest BCUT2D eigenvalue weighted by Crippen LogP contribution is -2.13. The van der Waals surface area contributed by atoms with Crippen LogP contribution in [-0.4, -0.2) is 19.2 Å². The number of esters is 1. The van der Waals surface area contributed by atoms with Gasteiger partial charge in [-0.05, 0) is 24.1 Å². The van der Waals surface area contributed by atoms with E-state index in [1.54, 1.807) is 0 Å². The fraction of sp³-hybridized carbons (Fsp3) is 0.462. The van der Waals surface area contributed by atoms with Gasteiger partial charge in [0.2, 0.25) is 0 Å². The second kappa shape index (κ2) is 8.25. The standard InChI is InChI=1S/C13H17BrO3/c1-2-3-7-17-13(15)10-16-9-11-5-4-6-12(14)8-11/h4-6,8H,2-3,7,9-10H2,1H3. The van der Waals surface area contributed by atoms with Crippen LogP contribution in [0.4, 0.5) is 0 Å². The van der Waals surface area contributed by atoms with Gasteiger partial charge in [0, 0.05) is 4.47 Å². The van der Waals surface area contributed by atoms with E-state index in [1.807, 2.05) is 24.3 Å². The molecule has 1 aromatic carbocycles. The minimum Gasteiger partial charge on any atom is -0.464 e. The molecule has 0 atom stereocenters. The summed E-state index contributed by atoms with van der Waals surface area (Å²) in [6.07, 6.45) is 1.92. The Labute approximate surface area is 110 Å². The van der Waals surface area contributed by atoms with Crippen molar-refractivity contribution in [1.82, 2.24) is 0 Å². The molecule has 0 saturated heterocycles. The summed E-state index contributed by atoms with van der Waals surface area (Å²) in [5, 5.41) is 0. The summed E-state index contributed by atoms with van der Waals surface area (Å²) in [7, 11) is 0. The number of ether oxygens (including phenoxy) is 2. The molecule has 4 heteroatoms. The monoisotopic (exact) mass is 300 g/mol. The largest absolute Gasteiger partial charge is 0.464 e. The van der Waals surface area contributed by atoms with Crippen LogP contribution in [0.25, 0.3) is 0 Å². The molecule has 0 unspecified atom stereocenters. The first kappa shape index (κ1) is 14.2. The van der Waals surface area contributed by atoms with E-state index in [2.05, 4.69) is 22.9 Å². The van der Waals surface area contributed by atoms with E-state index in [0.717, 1.165) is 22.9 Å². The summed E-state index contributed by atoms with van der Waals surface area (Å²) in [6, 6.07) is 7.79. The van der Waals surface area contributed by atoms with Crippen molar-refractivity contribution in [1.29, 1.82) is 0 Å². The van der Waals surface area contributed by atoms with E-state index in [1.165, 1.54) is 0 Å². The maximum absolute atomic E-state index is 11.2. The van der Waals surface area contributed by atoms with Crippen molar-refractivity contribution in [2.75, 3.05) is 13.2 Å². The molecular formula is C13H17BrO3. The Morgan fingerprint density at radius 2 is 2.24 bits per heavy atom.